The van der Waals surface area contributed by atoms with Crippen molar-refractivity contribution in [2.75, 3.05) is 20.1 Å². The van der Waals surface area contributed by atoms with Gasteiger partial charge in [0.25, 0.3) is 5.91 Å². The highest BCUT2D eigenvalue weighted by Crippen LogP contribution is 2.18. The van der Waals surface area contributed by atoms with E-state index in [0.717, 1.165) is 17.3 Å². The Kier molecular flexibility index (Phi) is 5.20. The molecule has 0 saturated heterocycles. The summed E-state index contributed by atoms with van der Waals surface area (Å²) in [5.41, 5.74) is 1.51. The Morgan fingerprint density at radius 3 is 2.73 bits per heavy atom. The minimum absolute atomic E-state index is 0.0659. The average Bonchev–Trinajstić information content (AvgIpc) is 2.89. The maximum atomic E-state index is 12.5. The number of amides is 2. The van der Waals surface area contributed by atoms with Crippen LogP contribution in [0.25, 0.3) is 10.9 Å². The molecule has 2 aromatic rings. The first-order valence-electron chi connectivity index (χ1n) is 7.57. The third-order valence-corrected chi connectivity index (χ3v) is 3.59. The molecule has 0 saturated carbocycles. The highest BCUT2D eigenvalue weighted by Gasteiger charge is 2.18. The molecule has 0 aliphatic heterocycles. The van der Waals surface area contributed by atoms with Gasteiger partial charge in [0.15, 0.2) is 0 Å². The van der Waals surface area contributed by atoms with E-state index in [-0.39, 0.29) is 18.4 Å². The van der Waals surface area contributed by atoms with Crippen LogP contribution in [0, 0.1) is 5.92 Å². The van der Waals surface area contributed by atoms with Crippen molar-refractivity contribution in [1.82, 2.24) is 15.2 Å². The lowest BCUT2D eigenvalue weighted by Gasteiger charge is -2.16. The molecule has 1 aromatic carbocycles. The van der Waals surface area contributed by atoms with Gasteiger partial charge in [0.05, 0.1) is 12.1 Å². The number of carbonyl (C=O) groups is 2. The smallest absolute Gasteiger partial charge is 0.256 e. The topological polar surface area (TPSA) is 65.2 Å². The number of hydrogen-bond acceptors (Lipinski definition) is 2. The molecule has 0 atom stereocenters. The first kappa shape index (κ1) is 16.1. The number of benzene rings is 1. The van der Waals surface area contributed by atoms with Crippen LogP contribution in [0.1, 0.15) is 30.6 Å². The standard InChI is InChI=1S/C17H23N3O2/c1-12(2)8-9-18-16(21)11-20(3)17(22)14-10-19-15-7-5-4-6-13(14)15/h4-7,10,12,19H,8-9,11H2,1-3H3,(H,18,21). The zero-order valence-corrected chi connectivity index (χ0v) is 13.3. The quantitative estimate of drug-likeness (QED) is 0.860. The van der Waals surface area contributed by atoms with Gasteiger partial charge in [-0.2, -0.15) is 0 Å². The Balaban J connectivity index is 1.96. The van der Waals surface area contributed by atoms with Gasteiger partial charge < -0.3 is 15.2 Å². The second-order valence-electron chi connectivity index (χ2n) is 5.94. The molecule has 22 heavy (non-hydrogen) atoms. The van der Waals surface area contributed by atoms with Crippen molar-refractivity contribution in [2.45, 2.75) is 20.3 Å². The number of para-hydroxylation sites is 1. The number of rotatable bonds is 6. The first-order valence-corrected chi connectivity index (χ1v) is 7.57. The summed E-state index contributed by atoms with van der Waals surface area (Å²) in [5, 5.41) is 3.72. The fourth-order valence-electron chi connectivity index (χ4n) is 2.30. The lowest BCUT2D eigenvalue weighted by Crippen LogP contribution is -2.38. The summed E-state index contributed by atoms with van der Waals surface area (Å²) in [5.74, 6) is 0.263. The number of nitrogens with zero attached hydrogens (tertiary/aromatic N) is 1. The normalized spacial score (nSPS) is 10.9. The second-order valence-corrected chi connectivity index (χ2v) is 5.94. The van der Waals surface area contributed by atoms with E-state index in [9.17, 15) is 9.59 Å². The summed E-state index contributed by atoms with van der Waals surface area (Å²) in [6.07, 6.45) is 2.63. The minimum Gasteiger partial charge on any atom is -0.360 e. The summed E-state index contributed by atoms with van der Waals surface area (Å²) in [7, 11) is 1.64. The molecule has 0 spiro atoms. The zero-order valence-electron chi connectivity index (χ0n) is 13.3. The number of aromatic amines is 1. The number of carbonyl (C=O) groups excluding carboxylic acids is 2. The van der Waals surface area contributed by atoms with E-state index >= 15 is 0 Å². The van der Waals surface area contributed by atoms with E-state index in [1.165, 1.54) is 4.90 Å². The molecule has 0 unspecified atom stereocenters. The predicted molar refractivity (Wildman–Crippen MR) is 87.7 cm³/mol. The van der Waals surface area contributed by atoms with Gasteiger partial charge in [-0.15, -0.1) is 0 Å². The Labute approximate surface area is 130 Å². The largest absolute Gasteiger partial charge is 0.360 e. The lowest BCUT2D eigenvalue weighted by molar-refractivity contribution is -0.121. The van der Waals surface area contributed by atoms with Crippen LogP contribution in [0.5, 0.6) is 0 Å². The molecule has 0 aliphatic rings. The lowest BCUT2D eigenvalue weighted by atomic mass is 10.1. The molecule has 5 heteroatoms. The third-order valence-electron chi connectivity index (χ3n) is 3.59. The molecule has 0 radical (unpaired) electrons. The van der Waals surface area contributed by atoms with Gasteiger partial charge in [-0.05, 0) is 18.4 Å². The van der Waals surface area contributed by atoms with Crippen molar-refractivity contribution in [2.24, 2.45) is 5.92 Å². The molecule has 0 aliphatic carbocycles. The average molecular weight is 301 g/mol. The monoisotopic (exact) mass is 301 g/mol. The van der Waals surface area contributed by atoms with Gasteiger partial charge in [-0.25, -0.2) is 0 Å². The summed E-state index contributed by atoms with van der Waals surface area (Å²) in [6.45, 7) is 4.93. The van der Waals surface area contributed by atoms with E-state index in [1.807, 2.05) is 24.3 Å². The van der Waals surface area contributed by atoms with Gasteiger partial charge in [0, 0.05) is 30.7 Å². The molecular formula is C17H23N3O2. The minimum atomic E-state index is -0.156. The van der Waals surface area contributed by atoms with Crippen LogP contribution in [0.15, 0.2) is 30.5 Å². The summed E-state index contributed by atoms with van der Waals surface area (Å²) in [4.78, 5) is 28.8. The highest BCUT2D eigenvalue weighted by molar-refractivity contribution is 6.07. The number of likely N-dealkylation sites (N-methyl/N-ethyl adjacent to an activating group) is 1. The second kappa shape index (κ2) is 7.11. The van der Waals surface area contributed by atoms with Gasteiger partial charge in [0.2, 0.25) is 5.91 Å². The van der Waals surface area contributed by atoms with Crippen LogP contribution in [0.3, 0.4) is 0 Å². The fraction of sp³-hybridized carbons (Fsp3) is 0.412. The van der Waals surface area contributed by atoms with Gasteiger partial charge in [-0.1, -0.05) is 32.0 Å². The highest BCUT2D eigenvalue weighted by atomic mass is 16.2. The van der Waals surface area contributed by atoms with Gasteiger partial charge in [-0.3, -0.25) is 9.59 Å². The van der Waals surface area contributed by atoms with Gasteiger partial charge in [0.1, 0.15) is 0 Å². The van der Waals surface area contributed by atoms with Crippen molar-refractivity contribution in [1.29, 1.82) is 0 Å². The Bertz CT molecular complexity index is 661. The molecule has 1 aromatic heterocycles. The van der Waals surface area contributed by atoms with Crippen molar-refractivity contribution >= 4 is 22.7 Å². The molecule has 0 fully saturated rings. The number of H-pyrrole nitrogens is 1. The number of nitrogens with one attached hydrogen (secondary N) is 2. The van der Waals surface area contributed by atoms with Crippen LogP contribution in [-0.4, -0.2) is 41.8 Å². The van der Waals surface area contributed by atoms with Gasteiger partial charge >= 0.3 is 0 Å². The maximum Gasteiger partial charge on any atom is 0.256 e. The predicted octanol–water partition coefficient (Wildman–Crippen LogP) is 2.40. The summed E-state index contributed by atoms with van der Waals surface area (Å²) in [6, 6.07) is 7.63. The van der Waals surface area contributed by atoms with E-state index in [4.69, 9.17) is 0 Å². The van der Waals surface area contributed by atoms with Crippen LogP contribution < -0.4 is 5.32 Å². The Hall–Kier alpha value is -2.30. The van der Waals surface area contributed by atoms with Crippen LogP contribution in [0.4, 0.5) is 0 Å². The molecular weight excluding hydrogens is 278 g/mol. The third kappa shape index (κ3) is 3.87. The fourth-order valence-corrected chi connectivity index (χ4v) is 2.30. The van der Waals surface area contributed by atoms with Crippen LogP contribution >= 0.6 is 0 Å². The van der Waals surface area contributed by atoms with Crippen LogP contribution in [-0.2, 0) is 4.79 Å². The van der Waals surface area contributed by atoms with Crippen molar-refractivity contribution in [3.63, 3.8) is 0 Å². The van der Waals surface area contributed by atoms with E-state index in [0.29, 0.717) is 18.0 Å². The molecule has 2 rings (SSSR count). The van der Waals surface area contributed by atoms with Crippen molar-refractivity contribution in [3.8, 4) is 0 Å². The number of hydrogen-bond donors (Lipinski definition) is 2. The molecule has 5 nitrogen and oxygen atoms in total. The van der Waals surface area contributed by atoms with Crippen molar-refractivity contribution in [3.05, 3.63) is 36.0 Å². The van der Waals surface area contributed by atoms with E-state index in [1.54, 1.807) is 13.2 Å². The Morgan fingerprint density at radius 2 is 2.00 bits per heavy atom. The van der Waals surface area contributed by atoms with Crippen molar-refractivity contribution < 1.29 is 9.59 Å². The molecule has 2 amide bonds. The SMILES string of the molecule is CC(C)CCNC(=O)CN(C)C(=O)c1c[nH]c2ccccc12. The number of aromatic nitrogens is 1. The first-order chi connectivity index (χ1) is 10.5. The molecule has 1 heterocycles. The zero-order chi connectivity index (χ0) is 16.1. The molecule has 118 valence electrons. The molecule has 2 N–H and O–H groups in total. The van der Waals surface area contributed by atoms with E-state index in [2.05, 4.69) is 24.1 Å². The summed E-state index contributed by atoms with van der Waals surface area (Å²) < 4.78 is 0. The Morgan fingerprint density at radius 1 is 1.27 bits per heavy atom. The number of fused-ring (bicyclic) bond motifs is 1. The van der Waals surface area contributed by atoms with E-state index < -0.39 is 0 Å². The maximum absolute atomic E-state index is 12.5. The summed E-state index contributed by atoms with van der Waals surface area (Å²) >= 11 is 0. The van der Waals surface area contributed by atoms with Crippen LogP contribution in [0.2, 0.25) is 0 Å². The molecule has 0 bridgehead atoms.